The van der Waals surface area contributed by atoms with Crippen molar-refractivity contribution in [1.29, 1.82) is 0 Å². The third-order valence-electron chi connectivity index (χ3n) is 2.92. The number of ether oxygens (including phenoxy) is 2. The van der Waals surface area contributed by atoms with Gasteiger partial charge in [-0.3, -0.25) is 5.43 Å². The minimum Gasteiger partial charge on any atom is -0.383 e. The molecule has 0 aromatic rings. The molecule has 0 amide bonds. The van der Waals surface area contributed by atoms with Gasteiger partial charge in [0.05, 0.1) is 13.2 Å². The van der Waals surface area contributed by atoms with Gasteiger partial charge in [0.25, 0.3) is 0 Å². The highest BCUT2D eigenvalue weighted by atomic mass is 16.5. The number of aliphatic imine (C=N–C) groups is 1. The lowest BCUT2D eigenvalue weighted by molar-refractivity contribution is 0.0610. The van der Waals surface area contributed by atoms with Crippen LogP contribution in [0.2, 0.25) is 0 Å². The van der Waals surface area contributed by atoms with Crippen LogP contribution in [0, 0.1) is 5.92 Å². The fourth-order valence-electron chi connectivity index (χ4n) is 1.92. The first-order chi connectivity index (χ1) is 8.27. The van der Waals surface area contributed by atoms with Gasteiger partial charge in [-0.15, -0.1) is 0 Å². The van der Waals surface area contributed by atoms with E-state index in [9.17, 15) is 0 Å². The number of methoxy groups -OCH3 is 1. The van der Waals surface area contributed by atoms with Crippen molar-refractivity contribution in [2.75, 3.05) is 47.1 Å². The second-order valence-electron chi connectivity index (χ2n) is 4.28. The first kappa shape index (κ1) is 14.2. The lowest BCUT2D eigenvalue weighted by Gasteiger charge is -2.28. The zero-order valence-corrected chi connectivity index (χ0v) is 10.8. The van der Waals surface area contributed by atoms with Crippen LogP contribution in [0.3, 0.4) is 0 Å². The summed E-state index contributed by atoms with van der Waals surface area (Å²) in [6.07, 6.45) is 2.22. The van der Waals surface area contributed by atoms with Gasteiger partial charge in [-0.25, -0.2) is 10.8 Å². The Labute approximate surface area is 103 Å². The molecule has 0 saturated carbocycles. The van der Waals surface area contributed by atoms with Gasteiger partial charge in [-0.2, -0.15) is 0 Å². The summed E-state index contributed by atoms with van der Waals surface area (Å²) in [6.45, 7) is 3.92. The summed E-state index contributed by atoms with van der Waals surface area (Å²) in [5.41, 5.74) is 2.64. The average molecular weight is 244 g/mol. The molecule has 0 aromatic carbocycles. The molecule has 1 saturated heterocycles. The van der Waals surface area contributed by atoms with Crippen LogP contribution in [-0.4, -0.2) is 57.9 Å². The molecular formula is C11H24N4O2. The molecular weight excluding hydrogens is 220 g/mol. The molecule has 0 aliphatic carbocycles. The van der Waals surface area contributed by atoms with Gasteiger partial charge in [-0.05, 0) is 18.8 Å². The number of nitrogens with one attached hydrogen (secondary N) is 1. The Balaban J connectivity index is 2.36. The van der Waals surface area contributed by atoms with Crippen molar-refractivity contribution in [2.24, 2.45) is 16.8 Å². The van der Waals surface area contributed by atoms with Crippen molar-refractivity contribution in [3.63, 3.8) is 0 Å². The second-order valence-corrected chi connectivity index (χ2v) is 4.28. The Kier molecular flexibility index (Phi) is 6.91. The van der Waals surface area contributed by atoms with Gasteiger partial charge in [-0.1, -0.05) is 0 Å². The number of hydrazine groups is 1. The van der Waals surface area contributed by atoms with Crippen LogP contribution >= 0.6 is 0 Å². The van der Waals surface area contributed by atoms with Crippen molar-refractivity contribution in [1.82, 2.24) is 10.3 Å². The molecule has 0 radical (unpaired) electrons. The lowest BCUT2D eigenvalue weighted by Crippen LogP contribution is -2.45. The number of hydrogen-bond donors (Lipinski definition) is 2. The molecule has 0 spiro atoms. The summed E-state index contributed by atoms with van der Waals surface area (Å²) >= 11 is 0. The van der Waals surface area contributed by atoms with Gasteiger partial charge >= 0.3 is 0 Å². The topological polar surface area (TPSA) is 72.1 Å². The summed E-state index contributed by atoms with van der Waals surface area (Å²) < 4.78 is 10.3. The summed E-state index contributed by atoms with van der Waals surface area (Å²) in [5, 5.41) is 0. The zero-order chi connectivity index (χ0) is 12.5. The zero-order valence-electron chi connectivity index (χ0n) is 10.8. The van der Waals surface area contributed by atoms with Crippen molar-refractivity contribution < 1.29 is 9.47 Å². The summed E-state index contributed by atoms with van der Waals surface area (Å²) in [4.78, 5) is 6.41. The van der Waals surface area contributed by atoms with Crippen molar-refractivity contribution >= 4 is 5.96 Å². The Morgan fingerprint density at radius 1 is 1.53 bits per heavy atom. The molecule has 1 fully saturated rings. The fourth-order valence-corrected chi connectivity index (χ4v) is 1.92. The molecule has 6 heteroatoms. The third kappa shape index (κ3) is 5.34. The van der Waals surface area contributed by atoms with E-state index in [1.54, 1.807) is 7.11 Å². The third-order valence-corrected chi connectivity index (χ3v) is 2.92. The first-order valence-corrected chi connectivity index (χ1v) is 6.06. The van der Waals surface area contributed by atoms with Crippen LogP contribution in [-0.2, 0) is 9.47 Å². The predicted molar refractivity (Wildman–Crippen MR) is 67.7 cm³/mol. The van der Waals surface area contributed by atoms with E-state index in [1.807, 2.05) is 7.05 Å². The minimum absolute atomic E-state index is 0.607. The van der Waals surface area contributed by atoms with Crippen molar-refractivity contribution in [2.45, 2.75) is 12.8 Å². The van der Waals surface area contributed by atoms with E-state index in [-0.39, 0.29) is 0 Å². The van der Waals surface area contributed by atoms with E-state index in [1.165, 1.54) is 0 Å². The monoisotopic (exact) mass is 244 g/mol. The van der Waals surface area contributed by atoms with Crippen LogP contribution in [0.5, 0.6) is 0 Å². The standard InChI is InChI=1S/C11H24N4O2/c1-15(9-10-3-6-17-7-4-10)11(14-12)13-5-8-16-2/h10H,3-9,12H2,1-2H3,(H,13,14). The largest absolute Gasteiger partial charge is 0.383 e. The molecule has 100 valence electrons. The van der Waals surface area contributed by atoms with E-state index in [0.29, 0.717) is 25.0 Å². The number of guanidine groups is 1. The average Bonchev–Trinajstić information content (AvgIpc) is 2.36. The van der Waals surface area contributed by atoms with Crippen LogP contribution in [0.1, 0.15) is 12.8 Å². The van der Waals surface area contributed by atoms with E-state index in [0.717, 1.165) is 32.6 Å². The Morgan fingerprint density at radius 3 is 2.82 bits per heavy atom. The molecule has 17 heavy (non-hydrogen) atoms. The minimum atomic E-state index is 0.607. The highest BCUT2D eigenvalue weighted by molar-refractivity contribution is 5.79. The Morgan fingerprint density at radius 2 is 2.24 bits per heavy atom. The maximum atomic E-state index is 5.47. The molecule has 1 aliphatic rings. The van der Waals surface area contributed by atoms with Gasteiger partial charge in [0.15, 0.2) is 0 Å². The number of rotatable bonds is 5. The van der Waals surface area contributed by atoms with E-state index in [2.05, 4.69) is 15.3 Å². The maximum absolute atomic E-state index is 5.47. The van der Waals surface area contributed by atoms with Gasteiger partial charge in [0.1, 0.15) is 0 Å². The molecule has 0 bridgehead atoms. The molecule has 3 N–H and O–H groups in total. The van der Waals surface area contributed by atoms with E-state index < -0.39 is 0 Å². The Bertz CT molecular complexity index is 230. The SMILES string of the molecule is COCCN=C(NN)N(C)CC1CCOCC1. The first-order valence-electron chi connectivity index (χ1n) is 6.06. The molecule has 0 atom stereocenters. The quantitative estimate of drug-likeness (QED) is 0.231. The van der Waals surface area contributed by atoms with Gasteiger partial charge in [0, 0.05) is 33.9 Å². The van der Waals surface area contributed by atoms with Crippen LogP contribution in [0.4, 0.5) is 0 Å². The van der Waals surface area contributed by atoms with Crippen LogP contribution in [0.25, 0.3) is 0 Å². The van der Waals surface area contributed by atoms with Gasteiger partial charge in [0.2, 0.25) is 5.96 Å². The molecule has 0 aromatic heterocycles. The molecule has 6 nitrogen and oxygen atoms in total. The maximum Gasteiger partial charge on any atom is 0.208 e. The van der Waals surface area contributed by atoms with Crippen molar-refractivity contribution in [3.05, 3.63) is 0 Å². The molecule has 1 heterocycles. The molecule has 1 aliphatic heterocycles. The van der Waals surface area contributed by atoms with Crippen molar-refractivity contribution in [3.8, 4) is 0 Å². The molecule has 1 rings (SSSR count). The summed E-state index contributed by atoms with van der Waals surface area (Å²) in [5.74, 6) is 6.85. The van der Waals surface area contributed by atoms with Crippen LogP contribution < -0.4 is 11.3 Å². The smallest absolute Gasteiger partial charge is 0.208 e. The fraction of sp³-hybridized carbons (Fsp3) is 0.909. The van der Waals surface area contributed by atoms with E-state index >= 15 is 0 Å². The highest BCUT2D eigenvalue weighted by Gasteiger charge is 2.17. The lowest BCUT2D eigenvalue weighted by atomic mass is 10.00. The highest BCUT2D eigenvalue weighted by Crippen LogP contribution is 2.15. The number of nitrogens with zero attached hydrogens (tertiary/aromatic N) is 2. The molecule has 0 unspecified atom stereocenters. The van der Waals surface area contributed by atoms with Gasteiger partial charge < -0.3 is 14.4 Å². The second kappa shape index (κ2) is 8.27. The normalized spacial score (nSPS) is 18.2. The predicted octanol–water partition coefficient (Wildman–Crippen LogP) is -0.189. The number of hydrogen-bond acceptors (Lipinski definition) is 4. The summed E-state index contributed by atoms with van der Waals surface area (Å²) in [7, 11) is 3.66. The number of nitrogens with two attached hydrogens (primary N) is 1. The Hall–Kier alpha value is -0.850. The van der Waals surface area contributed by atoms with E-state index in [4.69, 9.17) is 15.3 Å². The van der Waals surface area contributed by atoms with Crippen LogP contribution in [0.15, 0.2) is 4.99 Å². The summed E-state index contributed by atoms with van der Waals surface area (Å²) in [6, 6.07) is 0.